The molecule has 0 spiro atoms. The normalized spacial score (nSPS) is 8.53. The zero-order chi connectivity index (χ0) is 10.9. The lowest BCUT2D eigenvalue weighted by Gasteiger charge is -1.85. The number of furan rings is 1. The molecule has 0 saturated carbocycles. The first kappa shape index (κ1) is 11.0. The average Bonchev–Trinajstić information content (AvgIpc) is 2.84. The van der Waals surface area contributed by atoms with Gasteiger partial charge in [-0.2, -0.15) is 0 Å². The molecule has 2 heteroatoms. The zero-order valence-corrected chi connectivity index (χ0v) is 8.30. The van der Waals surface area contributed by atoms with Crippen molar-refractivity contribution in [3.8, 4) is 0 Å². The number of aldehydes is 1. The lowest BCUT2D eigenvalue weighted by Crippen LogP contribution is -1.65. The van der Waals surface area contributed by atoms with Crippen molar-refractivity contribution in [2.24, 2.45) is 0 Å². The minimum atomic E-state index is 0.375. The zero-order valence-electron chi connectivity index (χ0n) is 8.30. The molecule has 76 valence electrons. The van der Waals surface area contributed by atoms with Crippen LogP contribution in [0.25, 0.3) is 6.08 Å². The highest BCUT2D eigenvalue weighted by Crippen LogP contribution is 1.97. The largest absolute Gasteiger partial charge is 0.462 e. The molecule has 0 bridgehead atoms. The smallest absolute Gasteiger partial charge is 0.185 e. The lowest BCUT2D eigenvalue weighted by atomic mass is 10.2. The number of rotatable bonds is 2. The van der Waals surface area contributed by atoms with Gasteiger partial charge in [-0.15, -0.1) is 0 Å². The minimum Gasteiger partial charge on any atom is -0.462 e. The standard InChI is InChI=1S/C8H8.C5H4O2/c1-2-8-6-4-3-5-7-8;6-4-5-2-1-3-7-5/h2-7H,1H2;1-4H. The fourth-order valence-corrected chi connectivity index (χ4v) is 0.947. The van der Waals surface area contributed by atoms with E-state index in [-0.39, 0.29) is 0 Å². The molecule has 2 rings (SSSR count). The van der Waals surface area contributed by atoms with Gasteiger partial charge in [0.25, 0.3) is 0 Å². The van der Waals surface area contributed by atoms with Crippen LogP contribution in [0.1, 0.15) is 16.1 Å². The SMILES string of the molecule is C=Cc1ccccc1.O=Cc1ccco1. The van der Waals surface area contributed by atoms with Crippen LogP contribution in [0.3, 0.4) is 0 Å². The van der Waals surface area contributed by atoms with Crippen molar-refractivity contribution in [3.63, 3.8) is 0 Å². The van der Waals surface area contributed by atoms with Crippen molar-refractivity contribution in [2.75, 3.05) is 0 Å². The molecule has 0 atom stereocenters. The maximum atomic E-state index is 9.77. The van der Waals surface area contributed by atoms with E-state index < -0.39 is 0 Å². The van der Waals surface area contributed by atoms with Crippen LogP contribution in [0.5, 0.6) is 0 Å². The van der Waals surface area contributed by atoms with Crippen LogP contribution in [0, 0.1) is 0 Å². The third-order valence-corrected chi connectivity index (χ3v) is 1.69. The van der Waals surface area contributed by atoms with E-state index >= 15 is 0 Å². The quantitative estimate of drug-likeness (QED) is 0.695. The summed E-state index contributed by atoms with van der Waals surface area (Å²) < 4.78 is 4.61. The number of hydrogen-bond acceptors (Lipinski definition) is 2. The first-order valence-corrected chi connectivity index (χ1v) is 4.53. The Morgan fingerprint density at radius 3 is 2.13 bits per heavy atom. The van der Waals surface area contributed by atoms with Gasteiger partial charge in [0, 0.05) is 0 Å². The van der Waals surface area contributed by atoms with Crippen molar-refractivity contribution in [1.82, 2.24) is 0 Å². The molecule has 0 unspecified atom stereocenters. The van der Waals surface area contributed by atoms with Gasteiger partial charge in [-0.1, -0.05) is 43.0 Å². The second-order valence-corrected chi connectivity index (χ2v) is 2.75. The second kappa shape index (κ2) is 6.38. The highest BCUT2D eigenvalue weighted by Gasteiger charge is 1.84. The molecule has 1 aromatic carbocycles. The van der Waals surface area contributed by atoms with Gasteiger partial charge in [0.2, 0.25) is 0 Å². The molecular weight excluding hydrogens is 188 g/mol. The second-order valence-electron chi connectivity index (χ2n) is 2.75. The Morgan fingerprint density at radius 1 is 1.07 bits per heavy atom. The molecule has 0 saturated heterocycles. The monoisotopic (exact) mass is 200 g/mol. The molecule has 0 radical (unpaired) electrons. The van der Waals surface area contributed by atoms with Crippen molar-refractivity contribution in [2.45, 2.75) is 0 Å². The Balaban J connectivity index is 0.000000151. The van der Waals surface area contributed by atoms with Gasteiger partial charge < -0.3 is 4.42 Å². The van der Waals surface area contributed by atoms with Gasteiger partial charge in [-0.05, 0) is 17.7 Å². The Kier molecular flexibility index (Phi) is 4.67. The van der Waals surface area contributed by atoms with Crippen LogP contribution in [0.4, 0.5) is 0 Å². The number of hydrogen-bond donors (Lipinski definition) is 0. The molecule has 2 aromatic rings. The van der Waals surface area contributed by atoms with Gasteiger partial charge in [0.15, 0.2) is 12.0 Å². The number of benzene rings is 1. The van der Waals surface area contributed by atoms with Gasteiger partial charge in [-0.25, -0.2) is 0 Å². The van der Waals surface area contributed by atoms with E-state index in [0.29, 0.717) is 12.0 Å². The molecule has 0 amide bonds. The van der Waals surface area contributed by atoms with E-state index in [1.54, 1.807) is 12.1 Å². The first-order chi connectivity index (χ1) is 7.36. The molecule has 0 aliphatic heterocycles. The summed E-state index contributed by atoms with van der Waals surface area (Å²) in [5, 5.41) is 0. The lowest BCUT2D eigenvalue weighted by molar-refractivity contribution is 0.110. The predicted octanol–water partition coefficient (Wildman–Crippen LogP) is 3.42. The predicted molar refractivity (Wildman–Crippen MR) is 60.6 cm³/mol. The van der Waals surface area contributed by atoms with Crippen LogP contribution >= 0.6 is 0 Å². The molecule has 0 fully saturated rings. The van der Waals surface area contributed by atoms with E-state index in [1.807, 2.05) is 36.4 Å². The van der Waals surface area contributed by atoms with Crippen molar-refractivity contribution in [3.05, 3.63) is 66.6 Å². The summed E-state index contributed by atoms with van der Waals surface area (Å²) in [6.45, 7) is 3.63. The Morgan fingerprint density at radius 2 is 1.80 bits per heavy atom. The van der Waals surface area contributed by atoms with Crippen molar-refractivity contribution < 1.29 is 9.21 Å². The third kappa shape index (κ3) is 4.09. The van der Waals surface area contributed by atoms with Crippen LogP contribution in [0.2, 0.25) is 0 Å². The van der Waals surface area contributed by atoms with E-state index in [9.17, 15) is 4.79 Å². The molecule has 1 aromatic heterocycles. The van der Waals surface area contributed by atoms with Crippen molar-refractivity contribution in [1.29, 1.82) is 0 Å². The molecule has 1 heterocycles. The summed E-state index contributed by atoms with van der Waals surface area (Å²) in [6.07, 6.45) is 3.96. The first-order valence-electron chi connectivity index (χ1n) is 4.53. The molecule has 0 aliphatic carbocycles. The summed E-state index contributed by atoms with van der Waals surface area (Å²) in [5.74, 6) is 0.375. The summed E-state index contributed by atoms with van der Waals surface area (Å²) in [7, 11) is 0. The third-order valence-electron chi connectivity index (χ3n) is 1.69. The van der Waals surface area contributed by atoms with E-state index in [1.165, 1.54) is 11.8 Å². The van der Waals surface area contributed by atoms with Crippen LogP contribution < -0.4 is 0 Å². The van der Waals surface area contributed by atoms with Gasteiger partial charge in [0.1, 0.15) is 0 Å². The fourth-order valence-electron chi connectivity index (χ4n) is 0.947. The number of carbonyl (C=O) groups excluding carboxylic acids is 1. The Hall–Kier alpha value is -2.09. The molecule has 2 nitrogen and oxygen atoms in total. The molecular formula is C13H12O2. The van der Waals surface area contributed by atoms with Crippen LogP contribution in [-0.2, 0) is 0 Å². The van der Waals surface area contributed by atoms with E-state index in [0.717, 1.165) is 0 Å². The van der Waals surface area contributed by atoms with Gasteiger partial charge in [-0.3, -0.25) is 4.79 Å². The summed E-state index contributed by atoms with van der Waals surface area (Å²) in [5.41, 5.74) is 1.17. The highest BCUT2D eigenvalue weighted by molar-refractivity contribution is 5.69. The maximum absolute atomic E-state index is 9.77. The van der Waals surface area contributed by atoms with Gasteiger partial charge >= 0.3 is 0 Å². The molecule has 0 aliphatic rings. The Bertz CT molecular complexity index is 388. The summed E-state index contributed by atoms with van der Waals surface area (Å²) in [6, 6.07) is 13.3. The molecule has 0 N–H and O–H groups in total. The molecule has 15 heavy (non-hydrogen) atoms. The van der Waals surface area contributed by atoms with Crippen LogP contribution in [-0.4, -0.2) is 6.29 Å². The average molecular weight is 200 g/mol. The van der Waals surface area contributed by atoms with E-state index in [2.05, 4.69) is 11.0 Å². The Labute approximate surface area is 88.9 Å². The van der Waals surface area contributed by atoms with Crippen LogP contribution in [0.15, 0.2) is 59.7 Å². The topological polar surface area (TPSA) is 30.2 Å². The fraction of sp³-hybridized carbons (Fsp3) is 0. The minimum absolute atomic E-state index is 0.375. The number of carbonyl (C=O) groups is 1. The van der Waals surface area contributed by atoms with Crippen molar-refractivity contribution >= 4 is 12.4 Å². The summed E-state index contributed by atoms with van der Waals surface area (Å²) >= 11 is 0. The highest BCUT2D eigenvalue weighted by atomic mass is 16.3. The van der Waals surface area contributed by atoms with E-state index in [4.69, 9.17) is 0 Å². The summed E-state index contributed by atoms with van der Waals surface area (Å²) in [4.78, 5) is 9.77. The van der Waals surface area contributed by atoms with Gasteiger partial charge in [0.05, 0.1) is 6.26 Å². The maximum Gasteiger partial charge on any atom is 0.185 e.